The van der Waals surface area contributed by atoms with E-state index in [1.165, 1.54) is 6.07 Å². The summed E-state index contributed by atoms with van der Waals surface area (Å²) in [6, 6.07) is 24.5. The third-order valence-corrected chi connectivity index (χ3v) is 4.66. The number of rotatable bonds is 4. The van der Waals surface area contributed by atoms with Gasteiger partial charge in [0.2, 0.25) is 5.88 Å². The van der Waals surface area contributed by atoms with Gasteiger partial charge in [-0.25, -0.2) is 0 Å². The van der Waals surface area contributed by atoms with E-state index >= 15 is 0 Å². The summed E-state index contributed by atoms with van der Waals surface area (Å²) in [6.45, 7) is 0.482. The third-order valence-electron chi connectivity index (χ3n) is 4.66. The van der Waals surface area contributed by atoms with Crippen LogP contribution in [0.2, 0.25) is 0 Å². The van der Waals surface area contributed by atoms with Crippen LogP contribution in [0.3, 0.4) is 0 Å². The molecule has 0 fully saturated rings. The van der Waals surface area contributed by atoms with E-state index in [2.05, 4.69) is 6.07 Å². The second kappa shape index (κ2) is 7.37. The molecular weight excluding hydrogens is 352 g/mol. The first-order valence-corrected chi connectivity index (χ1v) is 8.83. The fourth-order valence-electron chi connectivity index (χ4n) is 3.28. The van der Waals surface area contributed by atoms with Gasteiger partial charge in [-0.05, 0) is 29.3 Å². The minimum atomic E-state index is -0.363. The van der Waals surface area contributed by atoms with Crippen molar-refractivity contribution in [3.8, 4) is 23.3 Å². The van der Waals surface area contributed by atoms with Crippen molar-refractivity contribution in [3.05, 3.63) is 101 Å². The Bertz CT molecular complexity index is 1070. The number of phenolic OH excluding ortho intramolecular Hbond substituents is 1. The SMILES string of the molecule is N#CC1=C(N)Oc2cc(O)ccc2C1c1ccc(OCc2ccccc2)cc1. The quantitative estimate of drug-likeness (QED) is 0.719. The average Bonchev–Trinajstić information content (AvgIpc) is 2.72. The van der Waals surface area contributed by atoms with Crippen molar-refractivity contribution in [2.45, 2.75) is 12.5 Å². The van der Waals surface area contributed by atoms with E-state index in [0.717, 1.165) is 22.4 Å². The van der Waals surface area contributed by atoms with Crippen LogP contribution in [0.5, 0.6) is 17.2 Å². The first-order chi connectivity index (χ1) is 13.7. The van der Waals surface area contributed by atoms with Crippen molar-refractivity contribution >= 4 is 0 Å². The number of ether oxygens (including phenoxy) is 2. The topological polar surface area (TPSA) is 88.5 Å². The predicted molar refractivity (Wildman–Crippen MR) is 105 cm³/mol. The number of hydrogen-bond donors (Lipinski definition) is 2. The fourth-order valence-corrected chi connectivity index (χ4v) is 3.28. The van der Waals surface area contributed by atoms with E-state index in [1.54, 1.807) is 12.1 Å². The van der Waals surface area contributed by atoms with Crippen LogP contribution >= 0.6 is 0 Å². The molecule has 1 heterocycles. The molecule has 0 aliphatic carbocycles. The Morgan fingerprint density at radius 2 is 1.79 bits per heavy atom. The summed E-state index contributed by atoms with van der Waals surface area (Å²) in [7, 11) is 0. The molecular formula is C23H18N2O3. The Labute approximate surface area is 162 Å². The monoisotopic (exact) mass is 370 g/mol. The zero-order chi connectivity index (χ0) is 19.5. The van der Waals surface area contributed by atoms with E-state index in [9.17, 15) is 10.4 Å². The number of nitriles is 1. The lowest BCUT2D eigenvalue weighted by Gasteiger charge is -2.26. The van der Waals surface area contributed by atoms with Gasteiger partial charge in [0, 0.05) is 11.6 Å². The molecule has 3 N–H and O–H groups in total. The number of nitrogens with two attached hydrogens (primary N) is 1. The smallest absolute Gasteiger partial charge is 0.205 e. The van der Waals surface area contributed by atoms with Crippen LogP contribution in [-0.4, -0.2) is 5.11 Å². The highest BCUT2D eigenvalue weighted by atomic mass is 16.5. The molecule has 0 amide bonds. The summed E-state index contributed by atoms with van der Waals surface area (Å²) >= 11 is 0. The van der Waals surface area contributed by atoms with Crippen LogP contribution in [0.15, 0.2) is 84.3 Å². The second-order valence-electron chi connectivity index (χ2n) is 6.49. The van der Waals surface area contributed by atoms with Gasteiger partial charge in [0.15, 0.2) is 0 Å². The summed E-state index contributed by atoms with van der Waals surface area (Å²) in [5.41, 5.74) is 9.06. The van der Waals surface area contributed by atoms with Crippen LogP contribution in [0, 0.1) is 11.3 Å². The minimum absolute atomic E-state index is 0.0509. The summed E-state index contributed by atoms with van der Waals surface area (Å²) < 4.78 is 11.4. The van der Waals surface area contributed by atoms with E-state index in [0.29, 0.717) is 17.9 Å². The number of aromatic hydroxyl groups is 1. The second-order valence-corrected chi connectivity index (χ2v) is 6.49. The molecule has 138 valence electrons. The molecule has 1 atom stereocenters. The van der Waals surface area contributed by atoms with Crippen molar-refractivity contribution in [2.24, 2.45) is 5.73 Å². The standard InChI is InChI=1S/C23H18N2O3/c24-13-20-22(19-11-8-17(26)12-21(19)28-23(20)25)16-6-9-18(10-7-16)27-14-15-4-2-1-3-5-15/h1-12,22,26H,14,25H2. The highest BCUT2D eigenvalue weighted by molar-refractivity contribution is 5.57. The highest BCUT2D eigenvalue weighted by Gasteiger charge is 2.30. The summed E-state index contributed by atoms with van der Waals surface area (Å²) in [5, 5.41) is 19.3. The highest BCUT2D eigenvalue weighted by Crippen LogP contribution is 2.43. The van der Waals surface area contributed by atoms with Gasteiger partial charge in [0.1, 0.15) is 35.5 Å². The Kier molecular flexibility index (Phi) is 4.61. The number of nitrogens with zero attached hydrogens (tertiary/aromatic N) is 1. The zero-order valence-corrected chi connectivity index (χ0v) is 15.0. The molecule has 0 spiro atoms. The summed E-state index contributed by atoms with van der Waals surface area (Å²) in [6.07, 6.45) is 0. The van der Waals surface area contributed by atoms with Crippen molar-refractivity contribution in [1.82, 2.24) is 0 Å². The maximum atomic E-state index is 9.73. The van der Waals surface area contributed by atoms with Crippen molar-refractivity contribution in [3.63, 3.8) is 0 Å². The zero-order valence-electron chi connectivity index (χ0n) is 15.0. The van der Waals surface area contributed by atoms with Gasteiger partial charge in [-0.3, -0.25) is 0 Å². The van der Waals surface area contributed by atoms with Gasteiger partial charge in [0.25, 0.3) is 0 Å². The number of fused-ring (bicyclic) bond motifs is 1. The normalized spacial score (nSPS) is 15.3. The van der Waals surface area contributed by atoms with Crippen molar-refractivity contribution < 1.29 is 14.6 Å². The van der Waals surface area contributed by atoms with Crippen LogP contribution in [0.1, 0.15) is 22.6 Å². The molecule has 3 aromatic rings. The van der Waals surface area contributed by atoms with Crippen LogP contribution in [-0.2, 0) is 6.61 Å². The molecule has 0 saturated heterocycles. The molecule has 3 aromatic carbocycles. The first kappa shape index (κ1) is 17.5. The van der Waals surface area contributed by atoms with Crippen LogP contribution in [0.4, 0.5) is 0 Å². The number of benzene rings is 3. The lowest BCUT2D eigenvalue weighted by Crippen LogP contribution is -2.20. The predicted octanol–water partition coefficient (Wildman–Crippen LogP) is 4.19. The molecule has 0 saturated carbocycles. The van der Waals surface area contributed by atoms with E-state index in [-0.39, 0.29) is 17.6 Å². The molecule has 0 bridgehead atoms. The van der Waals surface area contributed by atoms with Crippen LogP contribution in [0.25, 0.3) is 0 Å². The number of hydrogen-bond acceptors (Lipinski definition) is 5. The summed E-state index contributed by atoms with van der Waals surface area (Å²) in [4.78, 5) is 0. The molecule has 4 rings (SSSR count). The maximum Gasteiger partial charge on any atom is 0.205 e. The Hall–Kier alpha value is -3.91. The Balaban J connectivity index is 1.62. The third kappa shape index (κ3) is 3.36. The molecule has 0 radical (unpaired) electrons. The lowest BCUT2D eigenvalue weighted by molar-refractivity contribution is 0.306. The molecule has 5 heteroatoms. The molecule has 28 heavy (non-hydrogen) atoms. The first-order valence-electron chi connectivity index (χ1n) is 8.83. The van der Waals surface area contributed by atoms with Gasteiger partial charge >= 0.3 is 0 Å². The minimum Gasteiger partial charge on any atom is -0.508 e. The van der Waals surface area contributed by atoms with Gasteiger partial charge in [-0.15, -0.1) is 0 Å². The lowest BCUT2D eigenvalue weighted by atomic mass is 9.83. The van der Waals surface area contributed by atoms with Gasteiger partial charge in [0.05, 0.1) is 5.92 Å². The summed E-state index contributed by atoms with van der Waals surface area (Å²) in [5.74, 6) is 0.954. The van der Waals surface area contributed by atoms with Gasteiger partial charge in [-0.2, -0.15) is 5.26 Å². The van der Waals surface area contributed by atoms with Crippen molar-refractivity contribution in [1.29, 1.82) is 5.26 Å². The molecule has 1 aliphatic rings. The van der Waals surface area contributed by atoms with Gasteiger partial charge < -0.3 is 20.3 Å². The molecule has 1 unspecified atom stereocenters. The average molecular weight is 370 g/mol. The maximum absolute atomic E-state index is 9.73. The van der Waals surface area contributed by atoms with Crippen LogP contribution < -0.4 is 15.2 Å². The molecule has 5 nitrogen and oxygen atoms in total. The van der Waals surface area contributed by atoms with Crippen molar-refractivity contribution in [2.75, 3.05) is 0 Å². The van der Waals surface area contributed by atoms with Gasteiger partial charge in [-0.1, -0.05) is 48.5 Å². The Morgan fingerprint density at radius 3 is 2.50 bits per heavy atom. The van der Waals surface area contributed by atoms with E-state index in [4.69, 9.17) is 15.2 Å². The number of phenols is 1. The molecule has 0 aromatic heterocycles. The van der Waals surface area contributed by atoms with E-state index < -0.39 is 0 Å². The largest absolute Gasteiger partial charge is 0.508 e. The number of allylic oxidation sites excluding steroid dienone is 1. The van der Waals surface area contributed by atoms with E-state index in [1.807, 2.05) is 54.6 Å². The fraction of sp³-hybridized carbons (Fsp3) is 0.0870. The molecule has 1 aliphatic heterocycles. The Morgan fingerprint density at radius 1 is 1.04 bits per heavy atom.